The van der Waals surface area contributed by atoms with Gasteiger partial charge in [-0.2, -0.15) is 5.26 Å². The molecule has 6 nitrogen and oxygen atoms in total. The van der Waals surface area contributed by atoms with Gasteiger partial charge in [-0.25, -0.2) is 0 Å². The quantitative estimate of drug-likeness (QED) is 0.322. The zero-order valence-corrected chi connectivity index (χ0v) is 4.37. The number of rotatable bonds is 2. The fourth-order valence-corrected chi connectivity index (χ4v) is 0.0894. The van der Waals surface area contributed by atoms with Crippen LogP contribution in [0.3, 0.4) is 0 Å². The molecule has 0 spiro atoms. The van der Waals surface area contributed by atoms with Gasteiger partial charge in [0.15, 0.2) is 0 Å². The van der Waals surface area contributed by atoms with Crippen molar-refractivity contribution in [2.75, 3.05) is 6.54 Å². The van der Waals surface area contributed by atoms with Crippen LogP contribution in [0.4, 0.5) is 0 Å². The monoisotopic (exact) mass is 118 g/mol. The van der Waals surface area contributed by atoms with Crippen LogP contribution in [0.2, 0.25) is 0 Å². The molecule has 0 unspecified atom stereocenters. The molecule has 46 valence electrons. The summed E-state index contributed by atoms with van der Waals surface area (Å²) in [5.41, 5.74) is 2.60. The van der Waals surface area contributed by atoms with Gasteiger partial charge in [0, 0.05) is 12.6 Å². The van der Waals surface area contributed by atoms with Crippen molar-refractivity contribution in [3.8, 4) is 6.07 Å². The van der Waals surface area contributed by atoms with Crippen LogP contribution >= 0.6 is 0 Å². The minimum Gasteiger partial charge on any atom is -0.369 e. The highest BCUT2D eigenvalue weighted by Crippen LogP contribution is 1.80. The lowest BCUT2D eigenvalue weighted by molar-refractivity contribution is -0.425. The molecule has 0 aliphatic heterocycles. The number of nitrogens with zero attached hydrogens (tertiary/aromatic N) is 3. The van der Waals surface area contributed by atoms with Crippen LogP contribution in [-0.2, 0) is 0 Å². The molecule has 0 aromatic rings. The van der Waals surface area contributed by atoms with Crippen molar-refractivity contribution in [2.24, 2.45) is 0 Å². The van der Waals surface area contributed by atoms with Crippen molar-refractivity contribution in [1.29, 1.82) is 5.26 Å². The topological polar surface area (TPSA) is 118 Å². The average molecular weight is 118 g/mol. The van der Waals surface area contributed by atoms with Gasteiger partial charge >= 0.3 is 0 Å². The molecule has 0 atom stereocenters. The number of quaternary nitrogens is 1. The Morgan fingerprint density at radius 3 is 2.50 bits per heavy atom. The van der Waals surface area contributed by atoms with E-state index in [0.717, 1.165) is 0 Å². The van der Waals surface area contributed by atoms with Gasteiger partial charge in [-0.15, -0.1) is 0 Å². The summed E-state index contributed by atoms with van der Waals surface area (Å²) in [4.78, 5) is 9.25. The van der Waals surface area contributed by atoms with Gasteiger partial charge in [-0.1, -0.05) is 0 Å². The normalized spacial score (nSPS) is 5.88. The molecule has 0 fully saturated rings. The molecule has 0 aliphatic rings. The van der Waals surface area contributed by atoms with Crippen LogP contribution in [0, 0.1) is 21.4 Å². The third-order valence-electron chi connectivity index (χ3n) is 0.257. The Morgan fingerprint density at radius 2 is 2.38 bits per heavy atom. The van der Waals surface area contributed by atoms with Crippen LogP contribution in [0.1, 0.15) is 0 Å². The molecular formula is C2H6N4O2. The third-order valence-corrected chi connectivity index (χ3v) is 0.257. The molecule has 0 bridgehead atoms. The first-order valence-electron chi connectivity index (χ1n) is 1.46. The second-order valence-corrected chi connectivity index (χ2v) is 0.695. The Bertz CT molecular complexity index is 105. The molecule has 4 N–H and O–H groups in total. The van der Waals surface area contributed by atoms with Crippen LogP contribution in [0.15, 0.2) is 0 Å². The van der Waals surface area contributed by atoms with Gasteiger partial charge in [0.1, 0.15) is 0 Å². The molecule has 0 aliphatic carbocycles. The zero-order valence-electron chi connectivity index (χ0n) is 4.37. The Kier molecular flexibility index (Phi) is 6.93. The minimum absolute atomic E-state index is 0. The van der Waals surface area contributed by atoms with E-state index in [2.05, 4.69) is 5.43 Å². The molecule has 0 heterocycles. The van der Waals surface area contributed by atoms with Gasteiger partial charge < -0.3 is 11.6 Å². The second kappa shape index (κ2) is 5.65. The Balaban J connectivity index is 0. The molecule has 0 aromatic carbocycles. The summed E-state index contributed by atoms with van der Waals surface area (Å²) < 4.78 is 0. The smallest absolute Gasteiger partial charge is 0.0475 e. The van der Waals surface area contributed by atoms with Crippen molar-refractivity contribution in [2.45, 2.75) is 0 Å². The van der Waals surface area contributed by atoms with E-state index in [4.69, 9.17) is 5.26 Å². The SMILES string of the molecule is N#CC[N-][N+](=O)[O-].[NH4+]. The Hall–Kier alpha value is -1.35. The molecule has 0 amide bonds. The maximum absolute atomic E-state index is 9.25. The molecule has 8 heavy (non-hydrogen) atoms. The van der Waals surface area contributed by atoms with E-state index in [1.165, 1.54) is 6.07 Å². The van der Waals surface area contributed by atoms with Crippen LogP contribution in [0.5, 0.6) is 0 Å². The van der Waals surface area contributed by atoms with Crippen molar-refractivity contribution < 1.29 is 5.03 Å². The standard InChI is InChI=1S/C2H2N3O2.H3N/c3-1-2-4-5(6)7;/h2H2;1H3/q-1;/p+1. The summed E-state index contributed by atoms with van der Waals surface area (Å²) in [6, 6.07) is 1.49. The maximum Gasteiger partial charge on any atom is 0.0475 e. The highest BCUT2D eigenvalue weighted by atomic mass is 16.7. The summed E-state index contributed by atoms with van der Waals surface area (Å²) >= 11 is 0. The molecule has 0 saturated heterocycles. The second-order valence-electron chi connectivity index (χ2n) is 0.695. The van der Waals surface area contributed by atoms with Gasteiger partial charge in [0.25, 0.3) is 0 Å². The predicted molar refractivity (Wildman–Crippen MR) is 26.8 cm³/mol. The molecular weight excluding hydrogens is 112 g/mol. The first-order chi connectivity index (χ1) is 3.27. The lowest BCUT2D eigenvalue weighted by Crippen LogP contribution is -1.89. The van der Waals surface area contributed by atoms with Gasteiger partial charge in [0.05, 0.1) is 0 Å². The van der Waals surface area contributed by atoms with Crippen molar-refractivity contribution in [3.05, 3.63) is 15.5 Å². The highest BCUT2D eigenvalue weighted by molar-refractivity contribution is 4.82. The summed E-state index contributed by atoms with van der Waals surface area (Å²) in [7, 11) is 0. The lowest BCUT2D eigenvalue weighted by Gasteiger charge is -1.98. The van der Waals surface area contributed by atoms with Crippen molar-refractivity contribution in [3.63, 3.8) is 0 Å². The number of hydrogen-bond acceptors (Lipinski definition) is 3. The largest absolute Gasteiger partial charge is 0.369 e. The van der Waals surface area contributed by atoms with Gasteiger partial charge in [0.2, 0.25) is 0 Å². The molecule has 6 heteroatoms. The summed E-state index contributed by atoms with van der Waals surface area (Å²) in [6.07, 6.45) is 0. The first kappa shape index (κ1) is 9.82. The van der Waals surface area contributed by atoms with E-state index in [0.29, 0.717) is 0 Å². The van der Waals surface area contributed by atoms with Gasteiger partial charge in [-0.3, -0.25) is 10.1 Å². The molecule has 0 radical (unpaired) electrons. The lowest BCUT2D eigenvalue weighted by atomic mass is 10.8. The summed E-state index contributed by atoms with van der Waals surface area (Å²) in [5.74, 6) is 0. The zero-order chi connectivity index (χ0) is 5.70. The van der Waals surface area contributed by atoms with Crippen LogP contribution in [-0.4, -0.2) is 11.6 Å². The van der Waals surface area contributed by atoms with E-state index in [1.54, 1.807) is 0 Å². The summed E-state index contributed by atoms with van der Waals surface area (Å²) in [6.45, 7) is -0.368. The maximum atomic E-state index is 9.25. The fraction of sp³-hybridized carbons (Fsp3) is 0.500. The highest BCUT2D eigenvalue weighted by Gasteiger charge is 1.70. The van der Waals surface area contributed by atoms with E-state index < -0.39 is 5.03 Å². The number of hydrogen-bond donors (Lipinski definition) is 1. The fourth-order valence-electron chi connectivity index (χ4n) is 0.0894. The van der Waals surface area contributed by atoms with E-state index in [1.807, 2.05) is 0 Å². The Morgan fingerprint density at radius 1 is 1.88 bits per heavy atom. The predicted octanol–water partition coefficient (Wildman–Crippen LogP) is 0.452. The molecule has 0 aromatic heterocycles. The van der Waals surface area contributed by atoms with Crippen LogP contribution in [0.25, 0.3) is 5.43 Å². The van der Waals surface area contributed by atoms with E-state index in [-0.39, 0.29) is 12.7 Å². The van der Waals surface area contributed by atoms with Gasteiger partial charge in [-0.05, 0) is 5.03 Å². The average Bonchev–Trinajstić information content (AvgIpc) is 1.61. The Labute approximate surface area is 45.8 Å². The van der Waals surface area contributed by atoms with E-state index in [9.17, 15) is 10.1 Å². The van der Waals surface area contributed by atoms with Crippen molar-refractivity contribution >= 4 is 0 Å². The number of nitro groups is 1. The van der Waals surface area contributed by atoms with Crippen LogP contribution < -0.4 is 6.15 Å². The number of nitriles is 1. The van der Waals surface area contributed by atoms with Crippen molar-refractivity contribution in [1.82, 2.24) is 6.15 Å². The van der Waals surface area contributed by atoms with E-state index >= 15 is 0 Å². The molecule has 0 rings (SSSR count). The summed E-state index contributed by atoms with van der Waals surface area (Å²) in [5, 5.41) is 16.0. The minimum atomic E-state index is -0.886. The third kappa shape index (κ3) is 8.82. The first-order valence-corrected chi connectivity index (χ1v) is 1.46. The molecule has 0 saturated carbocycles.